The van der Waals surface area contributed by atoms with Crippen LogP contribution in [0, 0.1) is 5.82 Å². The van der Waals surface area contributed by atoms with E-state index in [1.54, 1.807) is 0 Å². The van der Waals surface area contributed by atoms with Gasteiger partial charge in [-0.1, -0.05) is 5.11 Å². The van der Waals surface area contributed by atoms with E-state index in [9.17, 15) is 22.4 Å². The van der Waals surface area contributed by atoms with Gasteiger partial charge in [0.1, 0.15) is 5.82 Å². The second-order valence-electron chi connectivity index (χ2n) is 3.76. The fourth-order valence-corrected chi connectivity index (χ4v) is 1.37. The van der Waals surface area contributed by atoms with Crippen LogP contribution in [-0.2, 0) is 6.18 Å². The van der Waals surface area contributed by atoms with Crippen molar-refractivity contribution >= 4 is 5.91 Å². The predicted octanol–water partition coefficient (Wildman–Crippen LogP) is 3.27. The molecule has 0 fully saturated rings. The Morgan fingerprint density at radius 2 is 2.10 bits per heavy atom. The fraction of sp³-hybridized carbons (Fsp3) is 0.364. The van der Waals surface area contributed by atoms with Crippen LogP contribution in [0.15, 0.2) is 23.3 Å². The summed E-state index contributed by atoms with van der Waals surface area (Å²) in [4.78, 5) is 14.0. The third-order valence-corrected chi connectivity index (χ3v) is 2.32. The van der Waals surface area contributed by atoms with Crippen LogP contribution in [0.2, 0.25) is 0 Å². The van der Waals surface area contributed by atoms with E-state index in [-0.39, 0.29) is 13.1 Å². The number of benzene rings is 1. The summed E-state index contributed by atoms with van der Waals surface area (Å²) in [5, 5.41) is 5.46. The molecule has 1 amide bonds. The maximum atomic E-state index is 13.3. The zero-order chi connectivity index (χ0) is 15.2. The molecule has 9 heteroatoms. The number of azide groups is 1. The van der Waals surface area contributed by atoms with Gasteiger partial charge in [-0.2, -0.15) is 13.2 Å². The van der Waals surface area contributed by atoms with Gasteiger partial charge in [-0.05, 0) is 30.2 Å². The Kier molecular flexibility index (Phi) is 5.33. The van der Waals surface area contributed by atoms with Crippen molar-refractivity contribution in [2.75, 3.05) is 13.1 Å². The van der Waals surface area contributed by atoms with Crippen molar-refractivity contribution in [3.05, 3.63) is 45.6 Å². The Balaban J connectivity index is 2.74. The highest BCUT2D eigenvalue weighted by atomic mass is 19.4. The van der Waals surface area contributed by atoms with Crippen LogP contribution in [0.4, 0.5) is 17.6 Å². The molecule has 0 unspecified atom stereocenters. The van der Waals surface area contributed by atoms with E-state index >= 15 is 0 Å². The van der Waals surface area contributed by atoms with Crippen LogP contribution in [0.1, 0.15) is 22.3 Å². The molecule has 0 radical (unpaired) electrons. The molecule has 0 saturated carbocycles. The van der Waals surface area contributed by atoms with E-state index in [0.29, 0.717) is 24.6 Å². The van der Waals surface area contributed by atoms with E-state index in [4.69, 9.17) is 5.53 Å². The van der Waals surface area contributed by atoms with Crippen molar-refractivity contribution in [2.24, 2.45) is 5.11 Å². The number of carbonyl (C=O) groups excluding carboxylic acids is 1. The quantitative estimate of drug-likeness (QED) is 0.292. The van der Waals surface area contributed by atoms with Gasteiger partial charge < -0.3 is 5.32 Å². The van der Waals surface area contributed by atoms with E-state index in [2.05, 4.69) is 15.3 Å². The van der Waals surface area contributed by atoms with E-state index in [0.717, 1.165) is 0 Å². The molecule has 1 aromatic carbocycles. The standard InChI is InChI=1S/C11H10F4N4O/c12-9-3-2-7(11(13,14)15)6-8(9)10(20)17-4-1-5-18-19-16/h2-3,6H,1,4-5H2,(H,17,20). The molecule has 5 nitrogen and oxygen atoms in total. The van der Waals surface area contributed by atoms with E-state index < -0.39 is 29.0 Å². The first kappa shape index (κ1) is 15.8. The molecule has 0 bridgehead atoms. The maximum absolute atomic E-state index is 13.3. The minimum Gasteiger partial charge on any atom is -0.352 e. The Bertz CT molecular complexity index is 538. The molecule has 0 spiro atoms. The van der Waals surface area contributed by atoms with Crippen molar-refractivity contribution in [3.8, 4) is 0 Å². The van der Waals surface area contributed by atoms with Gasteiger partial charge in [0, 0.05) is 18.0 Å². The van der Waals surface area contributed by atoms with Gasteiger partial charge in [0.15, 0.2) is 0 Å². The highest BCUT2D eigenvalue weighted by Crippen LogP contribution is 2.30. The number of rotatable bonds is 5. The Morgan fingerprint density at radius 3 is 2.70 bits per heavy atom. The van der Waals surface area contributed by atoms with Crippen molar-refractivity contribution in [1.82, 2.24) is 5.32 Å². The van der Waals surface area contributed by atoms with Crippen LogP contribution in [0.3, 0.4) is 0 Å². The summed E-state index contributed by atoms with van der Waals surface area (Å²) in [5.74, 6) is -1.99. The molecule has 1 rings (SSSR count). The highest BCUT2D eigenvalue weighted by molar-refractivity contribution is 5.94. The molecule has 0 aromatic heterocycles. The number of amides is 1. The topological polar surface area (TPSA) is 77.9 Å². The summed E-state index contributed by atoms with van der Waals surface area (Å²) >= 11 is 0. The smallest absolute Gasteiger partial charge is 0.352 e. The Hall–Kier alpha value is -2.28. The SMILES string of the molecule is [N-]=[N+]=NCCCNC(=O)c1cc(C(F)(F)F)ccc1F. The lowest BCUT2D eigenvalue weighted by atomic mass is 10.1. The average Bonchev–Trinajstić information content (AvgIpc) is 2.37. The van der Waals surface area contributed by atoms with Gasteiger partial charge in [0.2, 0.25) is 0 Å². The molecule has 0 aliphatic rings. The molecule has 0 aliphatic carbocycles. The molecule has 0 heterocycles. The average molecular weight is 290 g/mol. The summed E-state index contributed by atoms with van der Waals surface area (Å²) in [5.41, 5.74) is 6.23. The number of nitrogens with zero attached hydrogens (tertiary/aromatic N) is 3. The molecule has 1 aromatic rings. The summed E-state index contributed by atoms with van der Waals surface area (Å²) in [6, 6.07) is 1.61. The number of carbonyl (C=O) groups is 1. The molecule has 1 N–H and O–H groups in total. The zero-order valence-corrected chi connectivity index (χ0v) is 10.1. The second-order valence-corrected chi connectivity index (χ2v) is 3.76. The van der Waals surface area contributed by atoms with Crippen molar-refractivity contribution < 1.29 is 22.4 Å². The monoisotopic (exact) mass is 290 g/mol. The first-order chi connectivity index (χ1) is 9.36. The number of hydrogen-bond acceptors (Lipinski definition) is 2. The molecule has 20 heavy (non-hydrogen) atoms. The van der Waals surface area contributed by atoms with Crippen molar-refractivity contribution in [1.29, 1.82) is 0 Å². The van der Waals surface area contributed by atoms with Gasteiger partial charge >= 0.3 is 6.18 Å². The molecule has 0 atom stereocenters. The summed E-state index contributed by atoms with van der Waals surface area (Å²) < 4.78 is 50.7. The minimum atomic E-state index is -4.65. The molecule has 0 aliphatic heterocycles. The van der Waals surface area contributed by atoms with Crippen LogP contribution in [0.25, 0.3) is 10.4 Å². The number of halogens is 4. The highest BCUT2D eigenvalue weighted by Gasteiger charge is 2.31. The zero-order valence-electron chi connectivity index (χ0n) is 10.1. The van der Waals surface area contributed by atoms with Gasteiger partial charge in [-0.3, -0.25) is 4.79 Å². The third kappa shape index (κ3) is 4.43. The summed E-state index contributed by atoms with van der Waals surface area (Å²) in [7, 11) is 0. The van der Waals surface area contributed by atoms with E-state index in [1.165, 1.54) is 0 Å². The fourth-order valence-electron chi connectivity index (χ4n) is 1.37. The van der Waals surface area contributed by atoms with Crippen molar-refractivity contribution in [3.63, 3.8) is 0 Å². The molecular formula is C11H10F4N4O. The lowest BCUT2D eigenvalue weighted by Crippen LogP contribution is -2.26. The number of alkyl halides is 3. The first-order valence-electron chi connectivity index (χ1n) is 5.52. The third-order valence-electron chi connectivity index (χ3n) is 2.32. The molecule has 108 valence electrons. The lowest BCUT2D eigenvalue weighted by molar-refractivity contribution is -0.137. The first-order valence-corrected chi connectivity index (χ1v) is 5.52. The number of hydrogen-bond donors (Lipinski definition) is 1. The Morgan fingerprint density at radius 1 is 1.40 bits per heavy atom. The van der Waals surface area contributed by atoms with Crippen LogP contribution in [-0.4, -0.2) is 19.0 Å². The van der Waals surface area contributed by atoms with Crippen LogP contribution < -0.4 is 5.32 Å². The van der Waals surface area contributed by atoms with Crippen LogP contribution >= 0.6 is 0 Å². The summed E-state index contributed by atoms with van der Waals surface area (Å²) in [6.07, 6.45) is -4.35. The largest absolute Gasteiger partial charge is 0.416 e. The maximum Gasteiger partial charge on any atom is 0.416 e. The van der Waals surface area contributed by atoms with Gasteiger partial charge in [0.25, 0.3) is 5.91 Å². The second kappa shape index (κ2) is 6.76. The minimum absolute atomic E-state index is 0.0630. The van der Waals surface area contributed by atoms with E-state index in [1.807, 2.05) is 0 Å². The summed E-state index contributed by atoms with van der Waals surface area (Å²) in [6.45, 7) is 0.190. The lowest BCUT2D eigenvalue weighted by Gasteiger charge is -2.10. The predicted molar refractivity (Wildman–Crippen MR) is 62.4 cm³/mol. The molecular weight excluding hydrogens is 280 g/mol. The molecule has 0 saturated heterocycles. The van der Waals surface area contributed by atoms with Crippen molar-refractivity contribution in [2.45, 2.75) is 12.6 Å². The van der Waals surface area contributed by atoms with Gasteiger partial charge in [0.05, 0.1) is 11.1 Å². The normalized spacial score (nSPS) is 10.8. The van der Waals surface area contributed by atoms with Crippen LogP contribution in [0.5, 0.6) is 0 Å². The Labute approximate surface area is 111 Å². The number of nitrogens with one attached hydrogen (secondary N) is 1. The van der Waals surface area contributed by atoms with Gasteiger partial charge in [-0.15, -0.1) is 0 Å². The van der Waals surface area contributed by atoms with Gasteiger partial charge in [-0.25, -0.2) is 4.39 Å².